The Labute approximate surface area is 110 Å². The number of rotatable bonds is 5. The van der Waals surface area contributed by atoms with Crippen molar-refractivity contribution in [2.75, 3.05) is 32.7 Å². The Hall–Kier alpha value is -0.610. The van der Waals surface area contributed by atoms with E-state index in [1.807, 2.05) is 4.90 Å². The van der Waals surface area contributed by atoms with Gasteiger partial charge >= 0.3 is 0 Å². The Morgan fingerprint density at radius 1 is 1.17 bits per heavy atom. The second-order valence-corrected chi connectivity index (χ2v) is 5.54. The highest BCUT2D eigenvalue weighted by molar-refractivity contribution is 5.76. The van der Waals surface area contributed by atoms with Crippen molar-refractivity contribution in [2.45, 2.75) is 51.0 Å². The fourth-order valence-electron chi connectivity index (χ4n) is 2.87. The Balaban J connectivity index is 1.52. The van der Waals surface area contributed by atoms with Crippen molar-refractivity contribution in [2.24, 2.45) is 0 Å². The minimum atomic E-state index is 0.332. The van der Waals surface area contributed by atoms with E-state index in [2.05, 4.69) is 10.6 Å². The monoisotopic (exact) mass is 253 g/mol. The minimum absolute atomic E-state index is 0.332. The summed E-state index contributed by atoms with van der Waals surface area (Å²) in [6.07, 6.45) is 8.24. The van der Waals surface area contributed by atoms with Crippen molar-refractivity contribution in [3.63, 3.8) is 0 Å². The van der Waals surface area contributed by atoms with E-state index < -0.39 is 0 Å². The van der Waals surface area contributed by atoms with Crippen LogP contribution in [-0.2, 0) is 4.79 Å². The second kappa shape index (κ2) is 7.74. The summed E-state index contributed by atoms with van der Waals surface area (Å²) in [5.41, 5.74) is 0. The first-order valence-electron chi connectivity index (χ1n) is 7.58. The number of nitrogens with one attached hydrogen (secondary N) is 2. The molecule has 0 saturated carbocycles. The molecule has 2 rings (SSSR count). The highest BCUT2D eigenvalue weighted by Gasteiger charge is 2.16. The smallest absolute Gasteiger partial charge is 0.223 e. The minimum Gasteiger partial charge on any atom is -0.343 e. The highest BCUT2D eigenvalue weighted by atomic mass is 16.2. The molecule has 2 saturated heterocycles. The number of piperidine rings is 2. The molecule has 1 unspecified atom stereocenters. The van der Waals surface area contributed by atoms with E-state index in [9.17, 15) is 4.79 Å². The molecule has 4 heteroatoms. The Bertz CT molecular complexity index is 245. The van der Waals surface area contributed by atoms with Gasteiger partial charge in [0.25, 0.3) is 0 Å². The zero-order valence-electron chi connectivity index (χ0n) is 11.4. The molecule has 2 aliphatic heterocycles. The standard InChI is InChI=1S/C14H27N3O/c18-14(17-10-4-1-5-11-17)7-9-15-12-13-6-2-3-8-16-13/h13,15-16H,1-12H2. The molecule has 0 bridgehead atoms. The number of carbonyl (C=O) groups excluding carboxylic acids is 1. The molecule has 2 N–H and O–H groups in total. The average molecular weight is 253 g/mol. The predicted octanol–water partition coefficient (Wildman–Crippen LogP) is 1.12. The fraction of sp³-hybridized carbons (Fsp3) is 0.929. The molecule has 1 atom stereocenters. The van der Waals surface area contributed by atoms with Crippen molar-refractivity contribution in [1.29, 1.82) is 0 Å². The molecule has 2 fully saturated rings. The van der Waals surface area contributed by atoms with Crippen molar-refractivity contribution in [3.8, 4) is 0 Å². The van der Waals surface area contributed by atoms with Gasteiger partial charge in [0.1, 0.15) is 0 Å². The van der Waals surface area contributed by atoms with Gasteiger partial charge < -0.3 is 15.5 Å². The SMILES string of the molecule is O=C(CCNCC1CCCCN1)N1CCCCC1. The summed E-state index contributed by atoms with van der Waals surface area (Å²) < 4.78 is 0. The van der Waals surface area contributed by atoms with E-state index >= 15 is 0 Å². The van der Waals surface area contributed by atoms with Crippen LogP contribution in [0.5, 0.6) is 0 Å². The molecule has 0 aromatic carbocycles. The maximum Gasteiger partial charge on any atom is 0.223 e. The predicted molar refractivity (Wildman–Crippen MR) is 73.6 cm³/mol. The Kier molecular flexibility index (Phi) is 5.94. The van der Waals surface area contributed by atoms with Gasteiger partial charge in [0.2, 0.25) is 5.91 Å². The van der Waals surface area contributed by atoms with Gasteiger partial charge in [0, 0.05) is 38.6 Å². The number of nitrogens with zero attached hydrogens (tertiary/aromatic N) is 1. The van der Waals surface area contributed by atoms with Gasteiger partial charge in [-0.25, -0.2) is 0 Å². The van der Waals surface area contributed by atoms with Crippen LogP contribution in [0.2, 0.25) is 0 Å². The van der Waals surface area contributed by atoms with Crippen LogP contribution in [-0.4, -0.2) is 49.6 Å². The van der Waals surface area contributed by atoms with Crippen LogP contribution in [0.15, 0.2) is 0 Å². The summed E-state index contributed by atoms with van der Waals surface area (Å²) in [4.78, 5) is 14.0. The van der Waals surface area contributed by atoms with Crippen molar-refractivity contribution < 1.29 is 4.79 Å². The largest absolute Gasteiger partial charge is 0.343 e. The molecule has 18 heavy (non-hydrogen) atoms. The maximum absolute atomic E-state index is 11.9. The molecule has 2 heterocycles. The number of hydrogen-bond acceptors (Lipinski definition) is 3. The van der Waals surface area contributed by atoms with E-state index in [0.717, 1.165) is 32.7 Å². The van der Waals surface area contributed by atoms with Gasteiger partial charge in [-0.1, -0.05) is 6.42 Å². The molecule has 1 amide bonds. The molecule has 0 aromatic rings. The van der Waals surface area contributed by atoms with E-state index in [1.165, 1.54) is 38.5 Å². The van der Waals surface area contributed by atoms with Crippen LogP contribution in [0.25, 0.3) is 0 Å². The fourth-order valence-corrected chi connectivity index (χ4v) is 2.87. The van der Waals surface area contributed by atoms with Crippen molar-refractivity contribution in [3.05, 3.63) is 0 Å². The topological polar surface area (TPSA) is 44.4 Å². The van der Waals surface area contributed by atoms with Crippen LogP contribution < -0.4 is 10.6 Å². The lowest BCUT2D eigenvalue weighted by Gasteiger charge is -2.27. The molecule has 0 aliphatic carbocycles. The maximum atomic E-state index is 11.9. The summed E-state index contributed by atoms with van der Waals surface area (Å²) in [5, 5.41) is 6.93. The third kappa shape index (κ3) is 4.58. The van der Waals surface area contributed by atoms with E-state index in [-0.39, 0.29) is 0 Å². The first-order valence-corrected chi connectivity index (χ1v) is 7.58. The van der Waals surface area contributed by atoms with Crippen LogP contribution in [0.1, 0.15) is 44.9 Å². The molecular formula is C14H27N3O. The van der Waals surface area contributed by atoms with Gasteiger partial charge in [0.05, 0.1) is 0 Å². The van der Waals surface area contributed by atoms with Gasteiger partial charge in [-0.15, -0.1) is 0 Å². The lowest BCUT2D eigenvalue weighted by atomic mass is 10.1. The number of likely N-dealkylation sites (tertiary alicyclic amines) is 1. The number of carbonyl (C=O) groups is 1. The van der Waals surface area contributed by atoms with E-state index in [1.54, 1.807) is 0 Å². The quantitative estimate of drug-likeness (QED) is 0.722. The van der Waals surface area contributed by atoms with Crippen molar-refractivity contribution in [1.82, 2.24) is 15.5 Å². The second-order valence-electron chi connectivity index (χ2n) is 5.54. The summed E-state index contributed by atoms with van der Waals surface area (Å²) in [6.45, 7) is 4.94. The lowest BCUT2D eigenvalue weighted by Crippen LogP contribution is -2.43. The van der Waals surface area contributed by atoms with Crippen LogP contribution in [0, 0.1) is 0 Å². The zero-order valence-corrected chi connectivity index (χ0v) is 11.4. The molecule has 2 aliphatic rings. The summed E-state index contributed by atoms with van der Waals surface area (Å²) in [5.74, 6) is 0.332. The van der Waals surface area contributed by atoms with E-state index in [4.69, 9.17) is 0 Å². The number of hydrogen-bond donors (Lipinski definition) is 2. The Morgan fingerprint density at radius 2 is 2.00 bits per heavy atom. The zero-order chi connectivity index (χ0) is 12.6. The van der Waals surface area contributed by atoms with E-state index in [0.29, 0.717) is 18.4 Å². The molecule has 0 aromatic heterocycles. The van der Waals surface area contributed by atoms with Gasteiger partial charge in [0.15, 0.2) is 0 Å². The molecule has 104 valence electrons. The average Bonchev–Trinajstić information content (AvgIpc) is 2.45. The summed E-state index contributed by atoms with van der Waals surface area (Å²) in [7, 11) is 0. The normalized spacial score (nSPS) is 25.1. The first kappa shape index (κ1) is 13.8. The lowest BCUT2D eigenvalue weighted by molar-refractivity contribution is -0.131. The molecule has 4 nitrogen and oxygen atoms in total. The third-order valence-corrected chi connectivity index (χ3v) is 4.03. The van der Waals surface area contributed by atoms with Gasteiger partial charge in [-0.3, -0.25) is 4.79 Å². The third-order valence-electron chi connectivity index (χ3n) is 4.03. The molecule has 0 radical (unpaired) electrons. The highest BCUT2D eigenvalue weighted by Crippen LogP contribution is 2.09. The van der Waals surface area contributed by atoms with Crippen molar-refractivity contribution >= 4 is 5.91 Å². The van der Waals surface area contributed by atoms with Gasteiger partial charge in [-0.2, -0.15) is 0 Å². The van der Waals surface area contributed by atoms with Crippen LogP contribution in [0.3, 0.4) is 0 Å². The summed E-state index contributed by atoms with van der Waals surface area (Å²) in [6, 6.07) is 0.615. The van der Waals surface area contributed by atoms with Crippen LogP contribution >= 0.6 is 0 Å². The summed E-state index contributed by atoms with van der Waals surface area (Å²) >= 11 is 0. The molecular weight excluding hydrogens is 226 g/mol. The first-order chi connectivity index (χ1) is 8.86. The number of amides is 1. The Morgan fingerprint density at radius 3 is 2.72 bits per heavy atom. The molecule has 0 spiro atoms. The van der Waals surface area contributed by atoms with Gasteiger partial charge in [-0.05, 0) is 38.6 Å². The van der Waals surface area contributed by atoms with Crippen LogP contribution in [0.4, 0.5) is 0 Å².